The molecule has 2 aliphatic heterocycles. The number of anilines is 1. The van der Waals surface area contributed by atoms with E-state index < -0.39 is 23.1 Å². The van der Waals surface area contributed by atoms with Gasteiger partial charge in [0.05, 0.1) is 29.3 Å². The van der Waals surface area contributed by atoms with Crippen molar-refractivity contribution in [2.45, 2.75) is 12.0 Å². The number of aliphatic hydroxyl groups is 2. The largest absolute Gasteiger partial charge is 0.488 e. The molecule has 4 N–H and O–H groups in total. The smallest absolute Gasteiger partial charge is 0.249 e. The van der Waals surface area contributed by atoms with Gasteiger partial charge >= 0.3 is 0 Å². The number of halogens is 4. The Kier molecular flexibility index (Phi) is 8.68. The monoisotopic (exact) mass is 579 g/mol. The summed E-state index contributed by atoms with van der Waals surface area (Å²) < 4.78 is 36.8. The van der Waals surface area contributed by atoms with E-state index in [1.54, 1.807) is 0 Å². The lowest BCUT2D eigenvalue weighted by atomic mass is 9.82. The average Bonchev–Trinajstić information content (AvgIpc) is 3.23. The molecule has 7 nitrogen and oxygen atoms in total. The van der Waals surface area contributed by atoms with Crippen molar-refractivity contribution in [1.29, 1.82) is 0 Å². The van der Waals surface area contributed by atoms with E-state index in [1.807, 2.05) is 30.3 Å². The van der Waals surface area contributed by atoms with Gasteiger partial charge < -0.3 is 25.6 Å². The zero-order valence-electron chi connectivity index (χ0n) is 21.0. The number of hydrogen-bond donors (Lipinski definition) is 3. The molecule has 39 heavy (non-hydrogen) atoms. The lowest BCUT2D eigenvalue weighted by Crippen LogP contribution is -2.59. The maximum atomic E-state index is 16.0. The highest BCUT2D eigenvalue weighted by molar-refractivity contribution is 6.34. The summed E-state index contributed by atoms with van der Waals surface area (Å²) >= 11 is 6.55. The standard InChI is InChI=1S/C28H28ClF2N3O4.ClH/c29-25-20(30)14-21-19(23(25)24-18(27(32)37)6-7-22(26(24)31)38-13-12-36)15-28(17-4-2-1-3-5-17)16-33(10-11-35)8-9-34(21)28;/h1-7,14,35-36H,8-13,15-16H2,(H2,32,37);1H. The molecular weight excluding hydrogens is 551 g/mol. The van der Waals surface area contributed by atoms with E-state index in [4.69, 9.17) is 27.2 Å². The maximum absolute atomic E-state index is 16.0. The molecule has 1 amide bonds. The van der Waals surface area contributed by atoms with Crippen molar-refractivity contribution in [2.24, 2.45) is 5.73 Å². The van der Waals surface area contributed by atoms with Crippen molar-refractivity contribution in [3.63, 3.8) is 0 Å². The number of carbonyl (C=O) groups excluding carboxylic acids is 1. The average molecular weight is 580 g/mol. The number of primary amides is 1. The minimum atomic E-state index is -0.912. The van der Waals surface area contributed by atoms with Gasteiger partial charge in [0, 0.05) is 49.4 Å². The molecule has 0 aliphatic carbocycles. The Labute approximate surface area is 236 Å². The summed E-state index contributed by atoms with van der Waals surface area (Å²) in [5.41, 5.74) is 6.78. The molecule has 0 bridgehead atoms. The molecule has 5 rings (SSSR count). The SMILES string of the molecule is Cl.NC(=O)c1ccc(OCCO)c(F)c1-c1c(Cl)c(F)cc2c1CC1(c3ccccc3)CN(CCO)CCN21. The fourth-order valence-corrected chi connectivity index (χ4v) is 6.08. The molecule has 0 radical (unpaired) electrons. The van der Waals surface area contributed by atoms with E-state index in [1.165, 1.54) is 18.2 Å². The third-order valence-electron chi connectivity index (χ3n) is 7.40. The second-order valence-electron chi connectivity index (χ2n) is 9.51. The fourth-order valence-electron chi connectivity index (χ4n) is 5.82. The van der Waals surface area contributed by atoms with Crippen LogP contribution >= 0.6 is 24.0 Å². The molecule has 3 aromatic carbocycles. The van der Waals surface area contributed by atoms with Crippen molar-refractivity contribution in [1.82, 2.24) is 4.90 Å². The predicted molar refractivity (Wildman–Crippen MR) is 148 cm³/mol. The van der Waals surface area contributed by atoms with E-state index in [-0.39, 0.29) is 59.7 Å². The van der Waals surface area contributed by atoms with Gasteiger partial charge in [-0.05, 0) is 29.3 Å². The maximum Gasteiger partial charge on any atom is 0.249 e. The van der Waals surface area contributed by atoms with Crippen LogP contribution in [0.3, 0.4) is 0 Å². The van der Waals surface area contributed by atoms with Crippen molar-refractivity contribution >= 4 is 35.6 Å². The van der Waals surface area contributed by atoms with Gasteiger partial charge in [-0.3, -0.25) is 9.69 Å². The Hall–Kier alpha value is -2.95. The number of carbonyl (C=O) groups is 1. The zero-order chi connectivity index (χ0) is 27.0. The number of ether oxygens (including phenoxy) is 1. The summed E-state index contributed by atoms with van der Waals surface area (Å²) in [7, 11) is 0. The first-order valence-corrected chi connectivity index (χ1v) is 12.7. The minimum absolute atomic E-state index is 0. The summed E-state index contributed by atoms with van der Waals surface area (Å²) in [6, 6.07) is 13.7. The molecule has 3 aromatic rings. The Balaban J connectivity index is 0.00000353. The van der Waals surface area contributed by atoms with Crippen LogP contribution in [0.2, 0.25) is 5.02 Å². The van der Waals surface area contributed by atoms with Crippen molar-refractivity contribution in [3.05, 3.63) is 81.9 Å². The van der Waals surface area contributed by atoms with Gasteiger partial charge in [0.15, 0.2) is 11.6 Å². The lowest BCUT2D eigenvalue weighted by Gasteiger charge is -2.48. The first-order chi connectivity index (χ1) is 18.3. The number of amides is 1. The highest BCUT2D eigenvalue weighted by Gasteiger charge is 2.50. The third kappa shape index (κ3) is 4.94. The van der Waals surface area contributed by atoms with Crippen LogP contribution < -0.4 is 15.4 Å². The number of fused-ring (bicyclic) bond motifs is 3. The van der Waals surface area contributed by atoms with Crippen LogP contribution in [0, 0.1) is 11.6 Å². The van der Waals surface area contributed by atoms with Gasteiger partial charge in [0.25, 0.3) is 0 Å². The van der Waals surface area contributed by atoms with E-state index in [0.717, 1.165) is 5.56 Å². The van der Waals surface area contributed by atoms with E-state index in [0.29, 0.717) is 43.9 Å². The molecule has 2 heterocycles. The normalized spacial score (nSPS) is 18.3. The molecule has 11 heteroatoms. The number of piperazine rings is 1. The Morgan fingerprint density at radius 1 is 1.08 bits per heavy atom. The summed E-state index contributed by atoms with van der Waals surface area (Å²) in [6.45, 7) is 1.67. The molecule has 0 spiro atoms. The number of hydrogen-bond acceptors (Lipinski definition) is 6. The van der Waals surface area contributed by atoms with E-state index in [9.17, 15) is 9.90 Å². The number of nitrogens with two attached hydrogens (primary N) is 1. The quantitative estimate of drug-likeness (QED) is 0.376. The van der Waals surface area contributed by atoms with Crippen LogP contribution in [-0.2, 0) is 12.0 Å². The lowest BCUT2D eigenvalue weighted by molar-refractivity contribution is 0.100. The number of benzene rings is 3. The predicted octanol–water partition coefficient (Wildman–Crippen LogP) is 3.74. The molecule has 2 aliphatic rings. The number of aliphatic hydroxyl groups excluding tert-OH is 2. The Bertz CT molecular complexity index is 1380. The first kappa shape index (κ1) is 29.0. The van der Waals surface area contributed by atoms with Crippen LogP contribution in [0.5, 0.6) is 5.75 Å². The van der Waals surface area contributed by atoms with Crippen molar-refractivity contribution in [2.75, 3.05) is 50.9 Å². The van der Waals surface area contributed by atoms with E-state index in [2.05, 4.69) is 9.80 Å². The van der Waals surface area contributed by atoms with Gasteiger partial charge in [-0.15, -0.1) is 12.4 Å². The summed E-state index contributed by atoms with van der Waals surface area (Å²) in [5, 5.41) is 18.5. The molecule has 1 unspecified atom stereocenters. The number of nitrogens with zero attached hydrogens (tertiary/aromatic N) is 2. The van der Waals surface area contributed by atoms with Crippen molar-refractivity contribution in [3.8, 4) is 16.9 Å². The van der Waals surface area contributed by atoms with E-state index >= 15 is 8.78 Å². The molecule has 0 saturated carbocycles. The number of rotatable bonds is 8. The summed E-state index contributed by atoms with van der Waals surface area (Å²) in [6.07, 6.45) is 0.350. The first-order valence-electron chi connectivity index (χ1n) is 12.4. The third-order valence-corrected chi connectivity index (χ3v) is 7.77. The highest BCUT2D eigenvalue weighted by Crippen LogP contribution is 2.53. The van der Waals surface area contributed by atoms with Gasteiger partial charge in [0.1, 0.15) is 12.4 Å². The molecule has 208 valence electrons. The minimum Gasteiger partial charge on any atom is -0.488 e. The van der Waals surface area contributed by atoms with Crippen LogP contribution in [-0.4, -0.2) is 67.0 Å². The van der Waals surface area contributed by atoms with Gasteiger partial charge in [-0.1, -0.05) is 41.9 Å². The topological polar surface area (TPSA) is 99.3 Å². The Morgan fingerprint density at radius 2 is 1.82 bits per heavy atom. The molecule has 1 saturated heterocycles. The summed E-state index contributed by atoms with van der Waals surface area (Å²) in [4.78, 5) is 16.7. The molecule has 0 aromatic heterocycles. The van der Waals surface area contributed by atoms with Gasteiger partial charge in [0.2, 0.25) is 5.91 Å². The molecule has 1 atom stereocenters. The fraction of sp³-hybridized carbons (Fsp3) is 0.321. The van der Waals surface area contributed by atoms with Gasteiger partial charge in [-0.25, -0.2) is 8.78 Å². The van der Waals surface area contributed by atoms with Crippen molar-refractivity contribution < 1.29 is 28.5 Å². The van der Waals surface area contributed by atoms with Crippen LogP contribution in [0.25, 0.3) is 11.1 Å². The number of β-amino-alcohol motifs (C(OH)–C–C–N with tert-alkyl or cyclic N) is 1. The van der Waals surface area contributed by atoms with Crippen LogP contribution in [0.15, 0.2) is 48.5 Å². The molecule has 1 fully saturated rings. The van der Waals surface area contributed by atoms with Crippen LogP contribution in [0.4, 0.5) is 14.5 Å². The second-order valence-corrected chi connectivity index (χ2v) is 9.89. The summed E-state index contributed by atoms with van der Waals surface area (Å²) in [5.74, 6) is -2.77. The second kappa shape index (κ2) is 11.7. The zero-order valence-corrected chi connectivity index (χ0v) is 22.6. The van der Waals surface area contributed by atoms with Gasteiger partial charge in [-0.2, -0.15) is 0 Å². The molecular formula is C28H29Cl2F2N3O4. The highest BCUT2D eigenvalue weighted by atomic mass is 35.5. The Morgan fingerprint density at radius 3 is 2.49 bits per heavy atom. The van der Waals surface area contributed by atoms with Crippen LogP contribution in [0.1, 0.15) is 21.5 Å².